The van der Waals surface area contributed by atoms with Gasteiger partial charge < -0.3 is 5.73 Å². The maximum absolute atomic E-state index is 13.3. The average Bonchev–Trinajstić information content (AvgIpc) is 2.21. The van der Waals surface area contributed by atoms with E-state index in [4.69, 9.17) is 5.73 Å². The summed E-state index contributed by atoms with van der Waals surface area (Å²) >= 11 is 0. The zero-order valence-corrected chi connectivity index (χ0v) is 9.85. The molecular formula is C10H15FN2O2S. The average molecular weight is 246 g/mol. The molecule has 4 nitrogen and oxygen atoms in total. The van der Waals surface area contributed by atoms with Crippen molar-refractivity contribution in [1.82, 2.24) is 0 Å². The quantitative estimate of drug-likeness (QED) is 0.780. The Balaban J connectivity index is 2.88. The van der Waals surface area contributed by atoms with Crippen LogP contribution in [0.4, 0.5) is 15.8 Å². The Morgan fingerprint density at radius 2 is 2.12 bits per heavy atom. The van der Waals surface area contributed by atoms with Gasteiger partial charge in [-0.05, 0) is 18.6 Å². The molecule has 0 aliphatic heterocycles. The first-order valence-corrected chi connectivity index (χ1v) is 6.66. The fraction of sp³-hybridized carbons (Fsp3) is 0.400. The van der Waals surface area contributed by atoms with Crippen LogP contribution in [0.15, 0.2) is 18.2 Å². The maximum Gasteiger partial charge on any atom is 0.232 e. The van der Waals surface area contributed by atoms with Crippen LogP contribution in [0.3, 0.4) is 0 Å². The molecule has 0 spiro atoms. The van der Waals surface area contributed by atoms with Gasteiger partial charge in [-0.15, -0.1) is 0 Å². The van der Waals surface area contributed by atoms with Crippen LogP contribution in [-0.2, 0) is 10.0 Å². The van der Waals surface area contributed by atoms with E-state index in [-0.39, 0.29) is 17.1 Å². The molecule has 0 bridgehead atoms. The highest BCUT2D eigenvalue weighted by Gasteiger charge is 2.14. The summed E-state index contributed by atoms with van der Waals surface area (Å²) in [6.07, 6.45) is 1.29. The van der Waals surface area contributed by atoms with Crippen molar-refractivity contribution in [1.29, 1.82) is 0 Å². The van der Waals surface area contributed by atoms with Gasteiger partial charge in [0.15, 0.2) is 0 Å². The molecule has 0 aromatic heterocycles. The number of sulfonamides is 1. The second kappa shape index (κ2) is 5.16. The van der Waals surface area contributed by atoms with E-state index in [1.165, 1.54) is 12.1 Å². The number of nitrogen functional groups attached to an aromatic ring is 1. The predicted molar refractivity (Wildman–Crippen MR) is 63.1 cm³/mol. The Hall–Kier alpha value is -1.30. The highest BCUT2D eigenvalue weighted by molar-refractivity contribution is 7.92. The summed E-state index contributed by atoms with van der Waals surface area (Å²) in [5.41, 5.74) is 5.41. The molecule has 16 heavy (non-hydrogen) atoms. The number of unbranched alkanes of at least 4 members (excludes halogenated alkanes) is 1. The summed E-state index contributed by atoms with van der Waals surface area (Å²) in [5.74, 6) is -0.697. The van der Waals surface area contributed by atoms with Crippen molar-refractivity contribution in [3.05, 3.63) is 24.0 Å². The number of halogens is 1. The summed E-state index contributed by atoms with van der Waals surface area (Å²) < 4.78 is 38.5. The lowest BCUT2D eigenvalue weighted by Gasteiger charge is -2.10. The second-order valence-electron chi connectivity index (χ2n) is 3.48. The fourth-order valence-corrected chi connectivity index (χ4v) is 2.49. The standard InChI is InChI=1S/C10H15FN2O2S/c1-2-3-7-16(14,15)13-10-8(11)5-4-6-9(10)12/h4-6,13H,2-3,7,12H2,1H3. The lowest BCUT2D eigenvalue weighted by Crippen LogP contribution is -2.18. The minimum absolute atomic E-state index is 0.0305. The summed E-state index contributed by atoms with van der Waals surface area (Å²) in [5, 5.41) is 0. The Labute approximate surface area is 94.7 Å². The summed E-state index contributed by atoms with van der Waals surface area (Å²) in [4.78, 5) is 0. The first-order chi connectivity index (χ1) is 7.46. The second-order valence-corrected chi connectivity index (χ2v) is 5.32. The number of hydrogen-bond donors (Lipinski definition) is 2. The molecule has 6 heteroatoms. The Kier molecular flexibility index (Phi) is 4.12. The molecule has 0 radical (unpaired) electrons. The third-order valence-electron chi connectivity index (χ3n) is 2.07. The van der Waals surface area contributed by atoms with E-state index < -0.39 is 15.8 Å². The van der Waals surface area contributed by atoms with Gasteiger partial charge in [0, 0.05) is 0 Å². The minimum Gasteiger partial charge on any atom is -0.397 e. The maximum atomic E-state index is 13.3. The number of benzene rings is 1. The molecule has 0 unspecified atom stereocenters. The molecule has 0 aliphatic carbocycles. The van der Waals surface area contributed by atoms with E-state index in [1.807, 2.05) is 6.92 Å². The van der Waals surface area contributed by atoms with Crippen molar-refractivity contribution >= 4 is 21.4 Å². The van der Waals surface area contributed by atoms with Crippen molar-refractivity contribution in [2.75, 3.05) is 16.2 Å². The summed E-state index contributed by atoms with van der Waals surface area (Å²) in [6.45, 7) is 1.88. The van der Waals surface area contributed by atoms with Crippen LogP contribution in [0.5, 0.6) is 0 Å². The van der Waals surface area contributed by atoms with Crippen LogP contribution >= 0.6 is 0 Å². The monoisotopic (exact) mass is 246 g/mol. The van der Waals surface area contributed by atoms with Gasteiger partial charge in [-0.3, -0.25) is 4.72 Å². The molecular weight excluding hydrogens is 231 g/mol. The Bertz CT molecular complexity index is 440. The first kappa shape index (κ1) is 12.8. The van der Waals surface area contributed by atoms with E-state index in [9.17, 15) is 12.8 Å². The molecule has 0 saturated heterocycles. The smallest absolute Gasteiger partial charge is 0.232 e. The first-order valence-electron chi connectivity index (χ1n) is 5.00. The molecule has 1 rings (SSSR count). The molecule has 0 fully saturated rings. The zero-order valence-electron chi connectivity index (χ0n) is 9.03. The van der Waals surface area contributed by atoms with Crippen molar-refractivity contribution in [3.8, 4) is 0 Å². The van der Waals surface area contributed by atoms with Crippen LogP contribution in [0.2, 0.25) is 0 Å². The van der Waals surface area contributed by atoms with E-state index in [0.717, 1.165) is 12.5 Å². The summed E-state index contributed by atoms with van der Waals surface area (Å²) in [6, 6.07) is 4.03. The number of hydrogen-bond acceptors (Lipinski definition) is 3. The number of anilines is 2. The minimum atomic E-state index is -3.51. The van der Waals surface area contributed by atoms with Gasteiger partial charge in [0.1, 0.15) is 11.5 Å². The Morgan fingerprint density at radius 3 is 2.69 bits per heavy atom. The van der Waals surface area contributed by atoms with Gasteiger partial charge in [0.2, 0.25) is 10.0 Å². The fourth-order valence-electron chi connectivity index (χ4n) is 1.19. The number of rotatable bonds is 5. The Morgan fingerprint density at radius 1 is 1.44 bits per heavy atom. The number of para-hydroxylation sites is 1. The molecule has 1 aromatic rings. The molecule has 3 N–H and O–H groups in total. The van der Waals surface area contributed by atoms with E-state index in [1.54, 1.807) is 0 Å². The van der Waals surface area contributed by atoms with Crippen molar-refractivity contribution < 1.29 is 12.8 Å². The zero-order chi connectivity index (χ0) is 12.2. The molecule has 90 valence electrons. The molecule has 0 saturated carbocycles. The van der Waals surface area contributed by atoms with Crippen molar-refractivity contribution in [2.45, 2.75) is 19.8 Å². The highest BCUT2D eigenvalue weighted by atomic mass is 32.2. The van der Waals surface area contributed by atoms with E-state index in [2.05, 4.69) is 4.72 Å². The molecule has 1 aromatic carbocycles. The lowest BCUT2D eigenvalue weighted by molar-refractivity contribution is 0.595. The van der Waals surface area contributed by atoms with Crippen LogP contribution in [0.25, 0.3) is 0 Å². The van der Waals surface area contributed by atoms with Gasteiger partial charge in [0.05, 0.1) is 11.4 Å². The van der Waals surface area contributed by atoms with Gasteiger partial charge >= 0.3 is 0 Å². The van der Waals surface area contributed by atoms with Crippen molar-refractivity contribution in [2.24, 2.45) is 0 Å². The van der Waals surface area contributed by atoms with Crippen LogP contribution < -0.4 is 10.5 Å². The van der Waals surface area contributed by atoms with Crippen LogP contribution in [0.1, 0.15) is 19.8 Å². The normalized spacial score (nSPS) is 11.4. The third-order valence-corrected chi connectivity index (χ3v) is 3.41. The van der Waals surface area contributed by atoms with E-state index >= 15 is 0 Å². The lowest BCUT2D eigenvalue weighted by atomic mass is 10.3. The largest absolute Gasteiger partial charge is 0.397 e. The van der Waals surface area contributed by atoms with Gasteiger partial charge in [-0.2, -0.15) is 0 Å². The van der Waals surface area contributed by atoms with Crippen LogP contribution in [0, 0.1) is 5.82 Å². The highest BCUT2D eigenvalue weighted by Crippen LogP contribution is 2.23. The molecule has 0 amide bonds. The predicted octanol–water partition coefficient (Wildman–Crippen LogP) is 1.95. The third kappa shape index (κ3) is 3.37. The summed E-state index contributed by atoms with van der Waals surface area (Å²) in [7, 11) is -3.51. The van der Waals surface area contributed by atoms with Crippen molar-refractivity contribution in [3.63, 3.8) is 0 Å². The van der Waals surface area contributed by atoms with Gasteiger partial charge in [-0.25, -0.2) is 12.8 Å². The van der Waals surface area contributed by atoms with E-state index in [0.29, 0.717) is 6.42 Å². The van der Waals surface area contributed by atoms with Gasteiger partial charge in [-0.1, -0.05) is 19.4 Å². The number of nitrogens with two attached hydrogens (primary N) is 1. The molecule has 0 heterocycles. The van der Waals surface area contributed by atoms with Gasteiger partial charge in [0.25, 0.3) is 0 Å². The molecule has 0 aliphatic rings. The SMILES string of the molecule is CCCCS(=O)(=O)Nc1c(N)cccc1F. The molecule has 0 atom stereocenters. The number of nitrogens with one attached hydrogen (secondary N) is 1. The topological polar surface area (TPSA) is 72.2 Å². The van der Waals surface area contributed by atoms with Crippen LogP contribution in [-0.4, -0.2) is 14.2 Å².